The van der Waals surface area contributed by atoms with E-state index in [0.29, 0.717) is 6.07 Å². The van der Waals surface area contributed by atoms with Crippen LogP contribution in [-0.2, 0) is 6.18 Å². The second-order valence-electron chi connectivity index (χ2n) is 2.85. The van der Waals surface area contributed by atoms with E-state index in [1.54, 1.807) is 0 Å². The van der Waals surface area contributed by atoms with E-state index in [1.165, 1.54) is 0 Å². The second-order valence-corrected chi connectivity index (χ2v) is 3.60. The van der Waals surface area contributed by atoms with Gasteiger partial charge in [-0.1, -0.05) is 0 Å². The van der Waals surface area contributed by atoms with E-state index < -0.39 is 17.6 Å². The molecule has 7 heteroatoms. The highest BCUT2D eigenvalue weighted by Crippen LogP contribution is 2.34. The summed E-state index contributed by atoms with van der Waals surface area (Å²) in [6.07, 6.45) is -4.70. The van der Waals surface area contributed by atoms with Gasteiger partial charge in [-0.05, 0) is 28.1 Å². The van der Waals surface area contributed by atoms with Crippen molar-refractivity contribution in [3.8, 4) is 0 Å². The van der Waals surface area contributed by atoms with Crippen LogP contribution >= 0.6 is 15.9 Å². The summed E-state index contributed by atoms with van der Waals surface area (Å²) in [4.78, 5) is 6.15. The lowest BCUT2D eigenvalue weighted by Gasteiger charge is -2.07. The van der Waals surface area contributed by atoms with Gasteiger partial charge in [-0.2, -0.15) is 13.2 Å². The molecule has 1 aromatic heterocycles. The first kappa shape index (κ1) is 10.4. The maximum Gasteiger partial charge on any atom is 0.419 e. The van der Waals surface area contributed by atoms with Gasteiger partial charge in [0.1, 0.15) is 5.52 Å². The number of H-pyrrole nitrogens is 1. The first-order valence-corrected chi connectivity index (χ1v) is 4.60. The zero-order valence-corrected chi connectivity index (χ0v) is 8.58. The fourth-order valence-corrected chi connectivity index (χ4v) is 1.62. The smallest absolute Gasteiger partial charge is 0.332 e. The minimum atomic E-state index is -4.70. The Morgan fingerprint density at radius 3 is 2.53 bits per heavy atom. The predicted octanol–water partition coefficient (Wildman–Crippen LogP) is 3.48. The van der Waals surface area contributed by atoms with Gasteiger partial charge in [0.15, 0.2) is 10.6 Å². The Kier molecular flexibility index (Phi) is 2.22. The molecule has 1 N–H and O–H groups in total. The number of rotatable bonds is 0. The van der Waals surface area contributed by atoms with Crippen molar-refractivity contribution in [2.24, 2.45) is 0 Å². The minimum Gasteiger partial charge on any atom is -0.332 e. The van der Waals surface area contributed by atoms with Crippen molar-refractivity contribution in [3.63, 3.8) is 0 Å². The van der Waals surface area contributed by atoms with Crippen LogP contribution in [0.2, 0.25) is 0 Å². The molecule has 1 heterocycles. The summed E-state index contributed by atoms with van der Waals surface area (Å²) in [5.41, 5.74) is -1.42. The number of aromatic amines is 1. The highest BCUT2D eigenvalue weighted by Gasteiger charge is 2.35. The van der Waals surface area contributed by atoms with E-state index in [4.69, 9.17) is 0 Å². The lowest BCUT2D eigenvalue weighted by molar-refractivity contribution is -0.139. The average molecular weight is 283 g/mol. The zero-order valence-electron chi connectivity index (χ0n) is 6.99. The molecule has 0 aliphatic rings. The van der Waals surface area contributed by atoms with E-state index >= 15 is 0 Å². The van der Waals surface area contributed by atoms with Crippen LogP contribution in [0, 0.1) is 5.82 Å². The summed E-state index contributed by atoms with van der Waals surface area (Å²) in [5.74, 6) is -1.36. The molecule has 0 atom stereocenters. The molecule has 0 aliphatic heterocycles. The molecule has 0 radical (unpaired) electrons. The van der Waals surface area contributed by atoms with Gasteiger partial charge in [0, 0.05) is 0 Å². The Morgan fingerprint density at radius 2 is 1.93 bits per heavy atom. The van der Waals surface area contributed by atoms with E-state index in [-0.39, 0.29) is 15.8 Å². The minimum absolute atomic E-state index is 0.190. The normalized spacial score (nSPS) is 12.3. The van der Waals surface area contributed by atoms with Crippen molar-refractivity contribution in [2.75, 3.05) is 0 Å². The van der Waals surface area contributed by atoms with Crippen LogP contribution in [0.3, 0.4) is 0 Å². The van der Waals surface area contributed by atoms with Crippen molar-refractivity contribution >= 4 is 27.0 Å². The van der Waals surface area contributed by atoms with Gasteiger partial charge in [0.05, 0.1) is 11.1 Å². The van der Waals surface area contributed by atoms with Crippen molar-refractivity contribution in [1.29, 1.82) is 0 Å². The SMILES string of the molecule is Fc1c(C(F)(F)F)ccc2[nH]c(Br)nc12. The summed E-state index contributed by atoms with van der Waals surface area (Å²) in [7, 11) is 0. The second kappa shape index (κ2) is 3.19. The molecule has 2 aromatic rings. The van der Waals surface area contributed by atoms with Gasteiger partial charge in [-0.3, -0.25) is 0 Å². The maximum atomic E-state index is 13.4. The molecule has 2 rings (SSSR count). The number of nitrogens with zero attached hydrogens (tertiary/aromatic N) is 1. The van der Waals surface area contributed by atoms with Gasteiger partial charge in [-0.15, -0.1) is 0 Å². The first-order chi connectivity index (χ1) is 6.89. The number of hydrogen-bond acceptors (Lipinski definition) is 1. The molecule has 2 nitrogen and oxygen atoms in total. The summed E-state index contributed by atoms with van der Waals surface area (Å²) in [6.45, 7) is 0. The van der Waals surface area contributed by atoms with Gasteiger partial charge >= 0.3 is 6.18 Å². The summed E-state index contributed by atoms with van der Waals surface area (Å²) in [6, 6.07) is 1.82. The van der Waals surface area contributed by atoms with Crippen LogP contribution in [0.1, 0.15) is 5.56 Å². The molecule has 0 spiro atoms. The first-order valence-electron chi connectivity index (χ1n) is 3.80. The molecule has 0 amide bonds. The highest BCUT2D eigenvalue weighted by atomic mass is 79.9. The lowest BCUT2D eigenvalue weighted by Crippen LogP contribution is -2.08. The number of hydrogen-bond donors (Lipinski definition) is 1. The number of benzene rings is 1. The number of aromatic nitrogens is 2. The molecule has 0 saturated heterocycles. The molecule has 0 aliphatic carbocycles. The fourth-order valence-electron chi connectivity index (χ4n) is 1.23. The Balaban J connectivity index is 2.75. The topological polar surface area (TPSA) is 28.7 Å². The third-order valence-electron chi connectivity index (χ3n) is 1.87. The van der Waals surface area contributed by atoms with E-state index in [9.17, 15) is 17.6 Å². The number of imidazole rings is 1. The van der Waals surface area contributed by atoms with Crippen LogP contribution in [0.15, 0.2) is 16.9 Å². The molecule has 0 saturated carbocycles. The predicted molar refractivity (Wildman–Crippen MR) is 48.8 cm³/mol. The Labute approximate surface area is 89.4 Å². The number of nitrogens with one attached hydrogen (secondary N) is 1. The van der Waals surface area contributed by atoms with E-state index in [1.807, 2.05) is 0 Å². The highest BCUT2D eigenvalue weighted by molar-refractivity contribution is 9.10. The Morgan fingerprint density at radius 1 is 1.27 bits per heavy atom. The zero-order chi connectivity index (χ0) is 11.2. The molecular weight excluding hydrogens is 280 g/mol. The van der Waals surface area contributed by atoms with Crippen molar-refractivity contribution < 1.29 is 17.6 Å². The number of halogens is 5. The largest absolute Gasteiger partial charge is 0.419 e. The summed E-state index contributed by atoms with van der Waals surface area (Å²) in [5, 5.41) is 0. The van der Waals surface area contributed by atoms with Crippen molar-refractivity contribution in [1.82, 2.24) is 9.97 Å². The molecule has 0 unspecified atom stereocenters. The summed E-state index contributed by atoms with van der Waals surface area (Å²) < 4.78 is 50.4. The summed E-state index contributed by atoms with van der Waals surface area (Å²) >= 11 is 2.92. The standard InChI is InChI=1S/C8H3BrF4N2/c9-7-14-4-2-1-3(8(11,12)13)5(10)6(4)15-7/h1-2H,(H,14,15). The van der Waals surface area contributed by atoms with E-state index in [0.717, 1.165) is 6.07 Å². The number of fused-ring (bicyclic) bond motifs is 1. The van der Waals surface area contributed by atoms with Crippen LogP contribution in [0.25, 0.3) is 11.0 Å². The lowest BCUT2D eigenvalue weighted by atomic mass is 10.2. The van der Waals surface area contributed by atoms with Crippen molar-refractivity contribution in [2.45, 2.75) is 6.18 Å². The number of alkyl halides is 3. The Hall–Kier alpha value is -1.11. The van der Waals surface area contributed by atoms with Crippen LogP contribution in [0.5, 0.6) is 0 Å². The maximum absolute atomic E-state index is 13.4. The molecule has 15 heavy (non-hydrogen) atoms. The third-order valence-corrected chi connectivity index (χ3v) is 2.24. The molecule has 0 bridgehead atoms. The van der Waals surface area contributed by atoms with E-state index in [2.05, 4.69) is 25.9 Å². The van der Waals surface area contributed by atoms with Crippen LogP contribution < -0.4 is 0 Å². The van der Waals surface area contributed by atoms with Gasteiger partial charge < -0.3 is 4.98 Å². The quantitative estimate of drug-likeness (QED) is 0.737. The van der Waals surface area contributed by atoms with Crippen LogP contribution in [-0.4, -0.2) is 9.97 Å². The van der Waals surface area contributed by atoms with Gasteiger partial charge in [-0.25, -0.2) is 9.37 Å². The molecule has 80 valence electrons. The third kappa shape index (κ3) is 1.71. The van der Waals surface area contributed by atoms with Gasteiger partial charge in [0.2, 0.25) is 0 Å². The van der Waals surface area contributed by atoms with Crippen LogP contribution in [0.4, 0.5) is 17.6 Å². The monoisotopic (exact) mass is 282 g/mol. The Bertz CT molecular complexity index is 517. The molecule has 1 aromatic carbocycles. The average Bonchev–Trinajstić information content (AvgIpc) is 2.44. The molecular formula is C8H3BrF4N2. The fraction of sp³-hybridized carbons (Fsp3) is 0.125. The van der Waals surface area contributed by atoms with Gasteiger partial charge in [0.25, 0.3) is 0 Å². The molecule has 0 fully saturated rings. The van der Waals surface area contributed by atoms with Crippen molar-refractivity contribution in [3.05, 3.63) is 28.2 Å².